The molecule has 0 aromatic carbocycles. The van der Waals surface area contributed by atoms with Gasteiger partial charge >= 0.3 is 0 Å². The van der Waals surface area contributed by atoms with Crippen molar-refractivity contribution in [3.8, 4) is 0 Å². The number of anilines is 2. The molecule has 7 heteroatoms. The van der Waals surface area contributed by atoms with Crippen LogP contribution in [-0.4, -0.2) is 32.8 Å². The van der Waals surface area contributed by atoms with Crippen LogP contribution in [0.1, 0.15) is 26.2 Å². The molecule has 4 N–H and O–H groups in total. The quantitative estimate of drug-likeness (QED) is 0.553. The van der Waals surface area contributed by atoms with Gasteiger partial charge in [-0.3, -0.25) is 10.5 Å². The van der Waals surface area contributed by atoms with E-state index in [-0.39, 0.29) is 0 Å². The summed E-state index contributed by atoms with van der Waals surface area (Å²) in [5, 5.41) is 7.86. The molecule has 1 atom stereocenters. The highest BCUT2D eigenvalue weighted by Gasteiger charge is 2.26. The van der Waals surface area contributed by atoms with E-state index in [0.29, 0.717) is 12.0 Å². The normalized spacial score (nSPS) is 19.7. The lowest BCUT2D eigenvalue weighted by Crippen LogP contribution is -2.30. The summed E-state index contributed by atoms with van der Waals surface area (Å²) in [5.74, 6) is 6.76. The molecular weight excluding hydrogens is 230 g/mol. The number of hydrogen-bond acceptors (Lipinski definition) is 6. The molecule has 1 aliphatic rings. The van der Waals surface area contributed by atoms with Gasteiger partial charge in [0.2, 0.25) is 5.95 Å². The predicted octanol–water partition coefficient (Wildman–Crippen LogP) is 1.02. The summed E-state index contributed by atoms with van der Waals surface area (Å²) in [6.45, 7) is 3.23. The van der Waals surface area contributed by atoms with Crippen LogP contribution in [0.3, 0.4) is 0 Å². The number of aromatic amines is 1. The summed E-state index contributed by atoms with van der Waals surface area (Å²) in [7, 11) is 0. The number of fused-ring (bicyclic) bond motifs is 1. The van der Waals surface area contributed by atoms with Gasteiger partial charge in [-0.25, -0.2) is 5.84 Å². The Labute approximate surface area is 105 Å². The summed E-state index contributed by atoms with van der Waals surface area (Å²) >= 11 is 0. The van der Waals surface area contributed by atoms with Crippen molar-refractivity contribution in [2.75, 3.05) is 16.9 Å². The molecule has 0 aliphatic carbocycles. The molecule has 0 spiro atoms. The highest BCUT2D eigenvalue weighted by Crippen LogP contribution is 2.31. The highest BCUT2D eigenvalue weighted by molar-refractivity contribution is 5.87. The second kappa shape index (κ2) is 4.41. The minimum atomic E-state index is 0.420. The fraction of sp³-hybridized carbons (Fsp3) is 0.545. The number of hydrogen-bond donors (Lipinski definition) is 3. The maximum absolute atomic E-state index is 5.42. The Balaban J connectivity index is 2.11. The van der Waals surface area contributed by atoms with Crippen molar-refractivity contribution in [1.82, 2.24) is 20.2 Å². The van der Waals surface area contributed by atoms with Crippen molar-refractivity contribution < 1.29 is 0 Å². The minimum absolute atomic E-state index is 0.420. The Morgan fingerprint density at radius 1 is 1.56 bits per heavy atom. The van der Waals surface area contributed by atoms with Crippen LogP contribution in [-0.2, 0) is 0 Å². The first kappa shape index (κ1) is 11.2. The van der Waals surface area contributed by atoms with Crippen LogP contribution < -0.4 is 16.2 Å². The van der Waals surface area contributed by atoms with Gasteiger partial charge in [-0.05, 0) is 19.3 Å². The van der Waals surface area contributed by atoms with Gasteiger partial charge in [0, 0.05) is 12.6 Å². The van der Waals surface area contributed by atoms with Crippen molar-refractivity contribution in [2.45, 2.75) is 32.2 Å². The van der Waals surface area contributed by atoms with Crippen molar-refractivity contribution >= 4 is 22.8 Å². The standard InChI is InChI=1S/C11H17N7/c1-2-7-4-3-5-18(7)10-8-6-13-17-9(8)14-11(15-10)16-12/h6-7H,2-5,12H2,1H3,(H2,13,14,15,16,17). The summed E-state index contributed by atoms with van der Waals surface area (Å²) in [4.78, 5) is 11.1. The zero-order valence-corrected chi connectivity index (χ0v) is 10.3. The summed E-state index contributed by atoms with van der Waals surface area (Å²) in [6.07, 6.45) is 5.31. The first-order valence-corrected chi connectivity index (χ1v) is 6.28. The van der Waals surface area contributed by atoms with Crippen molar-refractivity contribution in [2.24, 2.45) is 5.84 Å². The van der Waals surface area contributed by atoms with Crippen LogP contribution >= 0.6 is 0 Å². The molecule has 2 aromatic rings. The lowest BCUT2D eigenvalue weighted by Gasteiger charge is -2.25. The Kier molecular flexibility index (Phi) is 2.75. The first-order chi connectivity index (χ1) is 8.83. The van der Waals surface area contributed by atoms with E-state index < -0.39 is 0 Å². The van der Waals surface area contributed by atoms with Gasteiger partial charge in [0.15, 0.2) is 5.65 Å². The molecule has 1 aliphatic heterocycles. The van der Waals surface area contributed by atoms with E-state index in [0.717, 1.165) is 29.8 Å². The number of nitrogens with zero attached hydrogens (tertiary/aromatic N) is 4. The predicted molar refractivity (Wildman–Crippen MR) is 70.2 cm³/mol. The molecule has 1 saturated heterocycles. The van der Waals surface area contributed by atoms with E-state index >= 15 is 0 Å². The zero-order chi connectivity index (χ0) is 12.5. The van der Waals surface area contributed by atoms with E-state index in [2.05, 4.69) is 37.4 Å². The molecule has 1 fully saturated rings. The average Bonchev–Trinajstić information content (AvgIpc) is 3.05. The third-order valence-corrected chi connectivity index (χ3v) is 3.54. The zero-order valence-electron chi connectivity index (χ0n) is 10.3. The fourth-order valence-electron chi connectivity index (χ4n) is 2.64. The van der Waals surface area contributed by atoms with Crippen molar-refractivity contribution in [1.29, 1.82) is 0 Å². The largest absolute Gasteiger partial charge is 0.353 e. The molecule has 18 heavy (non-hydrogen) atoms. The Morgan fingerprint density at radius 2 is 2.44 bits per heavy atom. The number of nitrogens with two attached hydrogens (primary N) is 1. The van der Waals surface area contributed by atoms with E-state index in [1.54, 1.807) is 6.20 Å². The third-order valence-electron chi connectivity index (χ3n) is 3.54. The highest BCUT2D eigenvalue weighted by atomic mass is 15.3. The number of hydrazine groups is 1. The first-order valence-electron chi connectivity index (χ1n) is 6.28. The molecule has 96 valence electrons. The van der Waals surface area contributed by atoms with Gasteiger partial charge in [0.25, 0.3) is 0 Å². The summed E-state index contributed by atoms with van der Waals surface area (Å²) < 4.78 is 0. The van der Waals surface area contributed by atoms with Gasteiger partial charge < -0.3 is 4.90 Å². The van der Waals surface area contributed by atoms with Gasteiger partial charge in [0.1, 0.15) is 5.82 Å². The molecule has 0 amide bonds. The maximum atomic E-state index is 5.42. The lowest BCUT2D eigenvalue weighted by molar-refractivity contribution is 0.642. The van der Waals surface area contributed by atoms with Crippen molar-refractivity contribution in [3.63, 3.8) is 0 Å². The van der Waals surface area contributed by atoms with Crippen LogP contribution in [0.25, 0.3) is 11.0 Å². The second-order valence-electron chi connectivity index (χ2n) is 4.55. The molecule has 2 aromatic heterocycles. The van der Waals surface area contributed by atoms with Crippen LogP contribution in [0.4, 0.5) is 11.8 Å². The molecule has 7 nitrogen and oxygen atoms in total. The number of aromatic nitrogens is 4. The van der Waals surface area contributed by atoms with Crippen LogP contribution in [0.2, 0.25) is 0 Å². The van der Waals surface area contributed by atoms with Gasteiger partial charge in [-0.2, -0.15) is 15.1 Å². The molecule has 1 unspecified atom stereocenters. The number of nitrogens with one attached hydrogen (secondary N) is 2. The molecule has 3 rings (SSSR count). The molecule has 0 radical (unpaired) electrons. The lowest BCUT2D eigenvalue weighted by atomic mass is 10.1. The second-order valence-corrected chi connectivity index (χ2v) is 4.55. The third kappa shape index (κ3) is 1.67. The maximum Gasteiger partial charge on any atom is 0.241 e. The van der Waals surface area contributed by atoms with Crippen LogP contribution in [0, 0.1) is 0 Å². The number of rotatable bonds is 3. The summed E-state index contributed by atoms with van der Waals surface area (Å²) in [5.41, 5.74) is 3.23. The monoisotopic (exact) mass is 247 g/mol. The van der Waals surface area contributed by atoms with Crippen LogP contribution in [0.15, 0.2) is 6.20 Å². The summed E-state index contributed by atoms with van der Waals surface area (Å²) in [6, 6.07) is 0.545. The Bertz CT molecular complexity index is 549. The topological polar surface area (TPSA) is 95.8 Å². The molecule has 0 bridgehead atoms. The van der Waals surface area contributed by atoms with Crippen molar-refractivity contribution in [3.05, 3.63) is 6.20 Å². The smallest absolute Gasteiger partial charge is 0.241 e. The van der Waals surface area contributed by atoms with Crippen LogP contribution in [0.5, 0.6) is 0 Å². The number of nitrogen functional groups attached to an aromatic ring is 1. The Hall–Kier alpha value is -1.89. The SMILES string of the molecule is CCC1CCCN1c1nc(NN)nc2[nH]ncc12. The molecular formula is C11H17N7. The van der Waals surface area contributed by atoms with E-state index in [9.17, 15) is 0 Å². The van der Waals surface area contributed by atoms with Gasteiger partial charge in [0.05, 0.1) is 11.6 Å². The number of H-pyrrole nitrogens is 1. The average molecular weight is 247 g/mol. The fourth-order valence-corrected chi connectivity index (χ4v) is 2.64. The molecule has 3 heterocycles. The van der Waals surface area contributed by atoms with E-state index in [1.807, 2.05) is 0 Å². The Morgan fingerprint density at radius 3 is 3.22 bits per heavy atom. The molecule has 0 saturated carbocycles. The minimum Gasteiger partial charge on any atom is -0.353 e. The van der Waals surface area contributed by atoms with E-state index in [4.69, 9.17) is 5.84 Å². The van der Waals surface area contributed by atoms with Gasteiger partial charge in [-0.15, -0.1) is 0 Å². The van der Waals surface area contributed by atoms with Gasteiger partial charge in [-0.1, -0.05) is 6.92 Å². The van der Waals surface area contributed by atoms with E-state index in [1.165, 1.54) is 12.8 Å².